The maximum atomic E-state index is 12.4. The summed E-state index contributed by atoms with van der Waals surface area (Å²) in [5, 5.41) is 9.27. The number of ether oxygens (including phenoxy) is 2. The van der Waals surface area contributed by atoms with Gasteiger partial charge in [0, 0.05) is 5.56 Å². The number of rotatable bonds is 9. The van der Waals surface area contributed by atoms with E-state index in [2.05, 4.69) is 0 Å². The number of hydrogen-bond acceptors (Lipinski definition) is 4. The minimum atomic E-state index is -1.32. The number of allylic oxidation sites excluding steroid dienone is 1. The zero-order chi connectivity index (χ0) is 21.6. The topological polar surface area (TPSA) is 72.8 Å². The first-order valence-corrected chi connectivity index (χ1v) is 9.63. The van der Waals surface area contributed by atoms with Crippen LogP contribution in [-0.4, -0.2) is 29.1 Å². The predicted octanol–water partition coefficient (Wildman–Crippen LogP) is 5.23. The molecular formula is C24H28O5. The molecule has 0 aromatic heterocycles. The van der Waals surface area contributed by atoms with Gasteiger partial charge in [-0.1, -0.05) is 13.0 Å². The fourth-order valence-electron chi connectivity index (χ4n) is 2.74. The van der Waals surface area contributed by atoms with Crippen molar-refractivity contribution < 1.29 is 24.2 Å². The predicted molar refractivity (Wildman–Crippen MR) is 114 cm³/mol. The van der Waals surface area contributed by atoms with Crippen molar-refractivity contribution in [1.82, 2.24) is 0 Å². The average Bonchev–Trinajstić information content (AvgIpc) is 2.67. The normalized spacial score (nSPS) is 11.5. The molecule has 0 saturated carbocycles. The van der Waals surface area contributed by atoms with Crippen molar-refractivity contribution in [3.8, 4) is 11.5 Å². The summed E-state index contributed by atoms with van der Waals surface area (Å²) in [6.07, 6.45) is 4.20. The molecule has 0 fully saturated rings. The van der Waals surface area contributed by atoms with Gasteiger partial charge in [0.25, 0.3) is 0 Å². The molecule has 5 nitrogen and oxygen atoms in total. The molecule has 0 unspecified atom stereocenters. The Hall–Kier alpha value is -3.08. The number of ketones is 1. The van der Waals surface area contributed by atoms with Crippen LogP contribution in [0.2, 0.25) is 0 Å². The zero-order valence-corrected chi connectivity index (χ0v) is 17.6. The molecule has 2 aromatic rings. The highest BCUT2D eigenvalue weighted by atomic mass is 16.5. The third-order valence-corrected chi connectivity index (χ3v) is 4.39. The van der Waals surface area contributed by atoms with Crippen LogP contribution >= 0.6 is 0 Å². The van der Waals surface area contributed by atoms with E-state index in [9.17, 15) is 14.7 Å². The number of carboxylic acid groups (broad SMARTS) is 1. The second kappa shape index (κ2) is 9.41. The molecule has 0 bridgehead atoms. The number of carboxylic acids is 1. The Morgan fingerprint density at radius 3 is 2.17 bits per heavy atom. The van der Waals surface area contributed by atoms with Gasteiger partial charge in [-0.15, -0.1) is 0 Å². The van der Waals surface area contributed by atoms with E-state index >= 15 is 0 Å². The summed E-state index contributed by atoms with van der Waals surface area (Å²) in [7, 11) is 0. The fourth-order valence-corrected chi connectivity index (χ4v) is 2.74. The molecule has 0 saturated heterocycles. The van der Waals surface area contributed by atoms with Crippen LogP contribution in [0.15, 0.2) is 42.5 Å². The van der Waals surface area contributed by atoms with Crippen LogP contribution in [0.4, 0.5) is 0 Å². The summed E-state index contributed by atoms with van der Waals surface area (Å²) in [5.41, 5.74) is 1.72. The third-order valence-electron chi connectivity index (χ3n) is 4.39. The first-order chi connectivity index (χ1) is 13.6. The maximum Gasteiger partial charge on any atom is 0.347 e. The van der Waals surface area contributed by atoms with Gasteiger partial charge in [-0.25, -0.2) is 4.79 Å². The number of hydrogen-bond donors (Lipinski definition) is 1. The maximum absolute atomic E-state index is 12.4. The van der Waals surface area contributed by atoms with Gasteiger partial charge < -0.3 is 14.6 Å². The van der Waals surface area contributed by atoms with Gasteiger partial charge in [0.1, 0.15) is 11.5 Å². The first-order valence-electron chi connectivity index (χ1n) is 9.63. The average molecular weight is 396 g/mol. The van der Waals surface area contributed by atoms with Crippen molar-refractivity contribution in [2.24, 2.45) is 0 Å². The summed E-state index contributed by atoms with van der Waals surface area (Å²) in [6.45, 7) is 9.43. The summed E-state index contributed by atoms with van der Waals surface area (Å²) in [5.74, 6) is 0.161. The van der Waals surface area contributed by atoms with Gasteiger partial charge in [0.2, 0.25) is 0 Å². The van der Waals surface area contributed by atoms with Crippen LogP contribution in [0, 0.1) is 13.8 Å². The molecule has 5 heteroatoms. The number of aryl methyl sites for hydroxylation is 2. The Morgan fingerprint density at radius 1 is 1.07 bits per heavy atom. The van der Waals surface area contributed by atoms with Gasteiger partial charge >= 0.3 is 5.97 Å². The Kier molecular flexibility index (Phi) is 7.21. The molecular weight excluding hydrogens is 368 g/mol. The largest absolute Gasteiger partial charge is 0.494 e. The van der Waals surface area contributed by atoms with Gasteiger partial charge in [-0.2, -0.15) is 0 Å². The lowest BCUT2D eigenvalue weighted by atomic mass is 10.0. The van der Waals surface area contributed by atoms with E-state index in [1.54, 1.807) is 30.3 Å². The van der Waals surface area contributed by atoms with Crippen molar-refractivity contribution >= 4 is 17.8 Å². The molecule has 2 rings (SSSR count). The Labute approximate surface area is 172 Å². The van der Waals surface area contributed by atoms with Crippen LogP contribution in [0.5, 0.6) is 11.5 Å². The van der Waals surface area contributed by atoms with E-state index in [-0.39, 0.29) is 5.78 Å². The summed E-state index contributed by atoms with van der Waals surface area (Å²) >= 11 is 0. The first kappa shape index (κ1) is 22.2. The molecule has 154 valence electrons. The molecule has 0 aliphatic heterocycles. The zero-order valence-electron chi connectivity index (χ0n) is 17.6. The van der Waals surface area contributed by atoms with Crippen molar-refractivity contribution in [1.29, 1.82) is 0 Å². The highest BCUT2D eigenvalue weighted by Crippen LogP contribution is 2.29. The second-order valence-electron chi connectivity index (χ2n) is 7.47. The minimum absolute atomic E-state index is 0.102. The quantitative estimate of drug-likeness (QED) is 0.464. The minimum Gasteiger partial charge on any atom is -0.494 e. The van der Waals surface area contributed by atoms with Crippen LogP contribution < -0.4 is 9.47 Å². The monoisotopic (exact) mass is 396 g/mol. The summed E-state index contributed by atoms with van der Waals surface area (Å²) in [6, 6.07) is 10.8. The highest BCUT2D eigenvalue weighted by Gasteiger charge is 2.30. The van der Waals surface area contributed by atoms with Gasteiger partial charge in [-0.3, -0.25) is 4.79 Å². The summed E-state index contributed by atoms with van der Waals surface area (Å²) < 4.78 is 11.2. The number of benzene rings is 2. The van der Waals surface area contributed by atoms with Crippen LogP contribution in [0.3, 0.4) is 0 Å². The van der Waals surface area contributed by atoms with Gasteiger partial charge in [0.15, 0.2) is 11.4 Å². The van der Waals surface area contributed by atoms with Gasteiger partial charge in [-0.05, 0) is 93.3 Å². The molecule has 0 spiro atoms. The molecule has 0 amide bonds. The molecule has 0 radical (unpaired) electrons. The Bertz CT molecular complexity index is 884. The van der Waals surface area contributed by atoms with E-state index in [1.165, 1.54) is 19.9 Å². The molecule has 1 N–H and O–H groups in total. The molecule has 29 heavy (non-hydrogen) atoms. The second-order valence-corrected chi connectivity index (χ2v) is 7.47. The van der Waals surface area contributed by atoms with Crippen molar-refractivity contribution in [2.45, 2.75) is 46.6 Å². The molecule has 0 aliphatic rings. The fraction of sp³-hybridized carbons (Fsp3) is 0.333. The summed E-state index contributed by atoms with van der Waals surface area (Å²) in [4.78, 5) is 23.7. The number of carbonyl (C=O) groups is 2. The lowest BCUT2D eigenvalue weighted by Gasteiger charge is -2.24. The van der Waals surface area contributed by atoms with E-state index in [0.717, 1.165) is 28.9 Å². The van der Waals surface area contributed by atoms with E-state index in [4.69, 9.17) is 9.47 Å². The van der Waals surface area contributed by atoms with Crippen LogP contribution in [0.25, 0.3) is 6.08 Å². The SMILES string of the molecule is CCCOc1ccc(C(=O)C=Cc2cc(C)c(OC(C)(C)C(=O)O)c(C)c2)cc1. The third kappa shape index (κ3) is 5.95. The van der Waals surface area contributed by atoms with Crippen molar-refractivity contribution in [2.75, 3.05) is 6.61 Å². The highest BCUT2D eigenvalue weighted by molar-refractivity contribution is 6.06. The molecule has 0 aliphatic carbocycles. The van der Waals surface area contributed by atoms with E-state index in [1.807, 2.05) is 32.9 Å². The molecule has 0 atom stereocenters. The Balaban J connectivity index is 2.14. The van der Waals surface area contributed by atoms with Crippen molar-refractivity contribution in [3.05, 3.63) is 64.7 Å². The van der Waals surface area contributed by atoms with Crippen LogP contribution in [-0.2, 0) is 4.79 Å². The Morgan fingerprint density at radius 2 is 1.66 bits per heavy atom. The standard InChI is InChI=1S/C24H28O5/c1-6-13-28-20-10-8-19(9-11-20)21(25)12-7-18-14-16(2)22(17(3)15-18)29-24(4,5)23(26)27/h7-12,14-15H,6,13H2,1-5H3,(H,26,27). The lowest BCUT2D eigenvalue weighted by Crippen LogP contribution is -2.38. The number of aliphatic carboxylic acids is 1. The molecule has 2 aromatic carbocycles. The molecule has 0 heterocycles. The van der Waals surface area contributed by atoms with Gasteiger partial charge in [0.05, 0.1) is 6.61 Å². The van der Waals surface area contributed by atoms with Crippen LogP contribution in [0.1, 0.15) is 54.2 Å². The van der Waals surface area contributed by atoms with Crippen molar-refractivity contribution in [3.63, 3.8) is 0 Å². The van der Waals surface area contributed by atoms with E-state index < -0.39 is 11.6 Å². The number of carbonyl (C=O) groups excluding carboxylic acids is 1. The van der Waals surface area contributed by atoms with E-state index in [0.29, 0.717) is 17.9 Å². The smallest absolute Gasteiger partial charge is 0.347 e. The lowest BCUT2D eigenvalue weighted by molar-refractivity contribution is -0.152.